The predicted octanol–water partition coefficient (Wildman–Crippen LogP) is 7.51. The van der Waals surface area contributed by atoms with E-state index in [4.69, 9.17) is 21.1 Å². The molecule has 0 aromatic heterocycles. The van der Waals surface area contributed by atoms with Gasteiger partial charge in [0.15, 0.2) is 11.6 Å². The fourth-order valence-electron chi connectivity index (χ4n) is 2.64. The molecule has 0 amide bonds. The lowest BCUT2D eigenvalue weighted by Gasteiger charge is -2.22. The second-order valence-corrected chi connectivity index (χ2v) is 9.18. The molecular formula is C22H27ClF5NO2S2. The van der Waals surface area contributed by atoms with Crippen molar-refractivity contribution in [2.24, 2.45) is 5.92 Å². The zero-order chi connectivity index (χ0) is 24.9. The van der Waals surface area contributed by atoms with Crippen molar-refractivity contribution in [1.82, 2.24) is 4.72 Å². The lowest BCUT2D eigenvalue weighted by Crippen LogP contribution is -2.23. The Hall–Kier alpha value is -1.20. The predicted molar refractivity (Wildman–Crippen MR) is 126 cm³/mol. The standard InChI is InChI=1S/C13H16F2O2.C7H7ClS.C2H4F3NS/c1-9-11(14)4-5-12(15)13(9)17-8-10-3-2-6-16-7-10;1-9-7-4-2-6(8)3-5-7;1-6-7-2(3,4)5/h4-5,10H,2-3,6-8H2,1H3;2-5H,1H3;6H,1H3. The molecule has 1 atom stereocenters. The number of thioether (sulfide) groups is 1. The van der Waals surface area contributed by atoms with Gasteiger partial charge in [-0.15, -0.1) is 11.8 Å². The van der Waals surface area contributed by atoms with Crippen LogP contribution in [0.15, 0.2) is 41.3 Å². The average molecular weight is 532 g/mol. The lowest BCUT2D eigenvalue weighted by molar-refractivity contribution is -0.0334. The van der Waals surface area contributed by atoms with Gasteiger partial charge in [0.05, 0.1) is 13.2 Å². The third-order valence-electron chi connectivity index (χ3n) is 4.28. The quantitative estimate of drug-likeness (QED) is 0.245. The van der Waals surface area contributed by atoms with Crippen LogP contribution in [0.3, 0.4) is 0 Å². The Labute approximate surface area is 204 Å². The third-order valence-corrected chi connectivity index (χ3v) is 5.71. The van der Waals surface area contributed by atoms with Gasteiger partial charge in [0.2, 0.25) is 0 Å². The number of benzene rings is 2. The molecular weight excluding hydrogens is 505 g/mol. The maximum absolute atomic E-state index is 13.5. The second kappa shape index (κ2) is 15.7. The van der Waals surface area contributed by atoms with Crippen LogP contribution in [0.1, 0.15) is 18.4 Å². The molecule has 2 aromatic rings. The van der Waals surface area contributed by atoms with E-state index in [-0.39, 0.29) is 29.2 Å². The molecule has 0 aliphatic carbocycles. The largest absolute Gasteiger partial charge is 0.490 e. The molecule has 1 N–H and O–H groups in total. The van der Waals surface area contributed by atoms with Crippen molar-refractivity contribution < 1.29 is 31.4 Å². The highest BCUT2D eigenvalue weighted by molar-refractivity contribution is 7.98. The summed E-state index contributed by atoms with van der Waals surface area (Å²) in [5.74, 6) is -0.664. The van der Waals surface area contributed by atoms with E-state index in [0.29, 0.717) is 13.2 Å². The molecule has 1 fully saturated rings. The summed E-state index contributed by atoms with van der Waals surface area (Å²) in [5, 5.41) is 0.799. The monoisotopic (exact) mass is 531 g/mol. The lowest BCUT2D eigenvalue weighted by atomic mass is 10.0. The molecule has 186 valence electrons. The normalized spacial score (nSPS) is 15.6. The maximum atomic E-state index is 13.5. The van der Waals surface area contributed by atoms with E-state index < -0.39 is 17.1 Å². The van der Waals surface area contributed by atoms with Crippen LogP contribution in [-0.4, -0.2) is 38.6 Å². The van der Waals surface area contributed by atoms with Crippen LogP contribution < -0.4 is 9.46 Å². The zero-order valence-corrected chi connectivity index (χ0v) is 20.9. The van der Waals surface area contributed by atoms with Gasteiger partial charge in [-0.1, -0.05) is 11.6 Å². The maximum Gasteiger partial charge on any atom is 0.456 e. The molecule has 3 rings (SSSR count). The highest BCUT2D eigenvalue weighted by Gasteiger charge is 2.27. The summed E-state index contributed by atoms with van der Waals surface area (Å²) in [4.78, 5) is 1.25. The average Bonchev–Trinajstić information content (AvgIpc) is 2.78. The smallest absolute Gasteiger partial charge is 0.456 e. The van der Waals surface area contributed by atoms with E-state index in [0.717, 1.165) is 36.6 Å². The Morgan fingerprint density at radius 3 is 2.24 bits per heavy atom. The van der Waals surface area contributed by atoms with Crippen LogP contribution >= 0.6 is 35.3 Å². The molecule has 0 spiro atoms. The minimum Gasteiger partial charge on any atom is -0.490 e. The number of ether oxygens (including phenoxy) is 2. The van der Waals surface area contributed by atoms with Gasteiger partial charge in [-0.3, -0.25) is 4.72 Å². The minimum absolute atomic E-state index is 0.0237. The number of hydrogen-bond donors (Lipinski definition) is 1. The van der Waals surface area contributed by atoms with Crippen molar-refractivity contribution in [2.45, 2.75) is 30.2 Å². The van der Waals surface area contributed by atoms with Gasteiger partial charge in [0, 0.05) is 40.0 Å². The van der Waals surface area contributed by atoms with E-state index in [9.17, 15) is 22.0 Å². The van der Waals surface area contributed by atoms with Gasteiger partial charge in [0.25, 0.3) is 0 Å². The first-order chi connectivity index (χ1) is 15.6. The highest BCUT2D eigenvalue weighted by atomic mass is 35.5. The number of halogens is 6. The molecule has 1 unspecified atom stereocenters. The third kappa shape index (κ3) is 12.7. The van der Waals surface area contributed by atoms with E-state index in [1.807, 2.05) is 35.2 Å². The van der Waals surface area contributed by atoms with Crippen molar-refractivity contribution in [3.63, 3.8) is 0 Å². The fourth-order valence-corrected chi connectivity index (χ4v) is 3.40. The first-order valence-corrected chi connectivity index (χ1v) is 12.4. The number of nitrogens with one attached hydrogen (secondary N) is 1. The molecule has 1 aliphatic heterocycles. The van der Waals surface area contributed by atoms with Gasteiger partial charge in [-0.25, -0.2) is 8.78 Å². The van der Waals surface area contributed by atoms with Crippen LogP contribution in [-0.2, 0) is 4.74 Å². The summed E-state index contributed by atoms with van der Waals surface area (Å²) in [7, 11) is 1.22. The van der Waals surface area contributed by atoms with Crippen molar-refractivity contribution in [2.75, 3.05) is 33.1 Å². The van der Waals surface area contributed by atoms with Crippen LogP contribution in [0.4, 0.5) is 22.0 Å². The second-order valence-electron chi connectivity index (χ2n) is 6.79. The van der Waals surface area contributed by atoms with Crippen LogP contribution in [0, 0.1) is 24.5 Å². The molecule has 1 heterocycles. The molecule has 33 heavy (non-hydrogen) atoms. The van der Waals surface area contributed by atoms with E-state index >= 15 is 0 Å². The van der Waals surface area contributed by atoms with Gasteiger partial charge in [0.1, 0.15) is 5.82 Å². The van der Waals surface area contributed by atoms with Crippen LogP contribution in [0.5, 0.6) is 5.75 Å². The van der Waals surface area contributed by atoms with Gasteiger partial charge < -0.3 is 9.47 Å². The Bertz CT molecular complexity index is 820. The molecule has 1 saturated heterocycles. The fraction of sp³-hybridized carbons (Fsp3) is 0.455. The summed E-state index contributed by atoms with van der Waals surface area (Å²) in [5.41, 5.74) is -3.92. The SMILES string of the molecule is CNSC(F)(F)F.CSc1ccc(Cl)cc1.Cc1c(F)ccc(F)c1OCC1CCCOC1. The first-order valence-electron chi connectivity index (χ1n) is 9.93. The summed E-state index contributed by atoms with van der Waals surface area (Å²) in [6, 6.07) is 10.0. The van der Waals surface area contributed by atoms with Crippen molar-refractivity contribution in [1.29, 1.82) is 0 Å². The van der Waals surface area contributed by atoms with Crippen LogP contribution in [0.2, 0.25) is 5.02 Å². The topological polar surface area (TPSA) is 30.5 Å². The first kappa shape index (κ1) is 29.8. The Morgan fingerprint density at radius 1 is 1.12 bits per heavy atom. The highest BCUT2D eigenvalue weighted by Crippen LogP contribution is 2.27. The molecule has 0 saturated carbocycles. The van der Waals surface area contributed by atoms with Gasteiger partial charge in [-0.2, -0.15) is 13.2 Å². The number of hydrogen-bond acceptors (Lipinski definition) is 5. The zero-order valence-electron chi connectivity index (χ0n) is 18.5. The molecule has 11 heteroatoms. The molecule has 1 aliphatic rings. The van der Waals surface area contributed by atoms with Crippen LogP contribution in [0.25, 0.3) is 0 Å². The molecule has 2 aromatic carbocycles. The number of rotatable bonds is 5. The molecule has 3 nitrogen and oxygen atoms in total. The minimum atomic E-state index is -4.14. The Balaban J connectivity index is 0.000000286. The van der Waals surface area contributed by atoms with Crippen molar-refractivity contribution in [3.8, 4) is 5.75 Å². The van der Waals surface area contributed by atoms with E-state index in [1.54, 1.807) is 11.8 Å². The summed E-state index contributed by atoms with van der Waals surface area (Å²) >= 11 is 7.12. The number of alkyl halides is 3. The molecule has 0 radical (unpaired) electrons. The van der Waals surface area contributed by atoms with Crippen molar-refractivity contribution in [3.05, 3.63) is 58.6 Å². The molecule has 0 bridgehead atoms. The van der Waals surface area contributed by atoms with Gasteiger partial charge >= 0.3 is 5.51 Å². The van der Waals surface area contributed by atoms with E-state index in [2.05, 4.69) is 0 Å². The Morgan fingerprint density at radius 2 is 1.76 bits per heavy atom. The van der Waals surface area contributed by atoms with Gasteiger partial charge in [-0.05, 0) is 69.5 Å². The summed E-state index contributed by atoms with van der Waals surface area (Å²) < 4.78 is 72.2. The van der Waals surface area contributed by atoms with Crippen molar-refractivity contribution >= 4 is 35.3 Å². The summed E-state index contributed by atoms with van der Waals surface area (Å²) in [6.45, 7) is 3.31. The van der Waals surface area contributed by atoms with E-state index in [1.165, 1.54) is 18.9 Å². The summed E-state index contributed by atoms with van der Waals surface area (Å²) in [6.07, 6.45) is 4.05. The Kier molecular flexibility index (Phi) is 14.2.